The first kappa shape index (κ1) is 13.5. The van der Waals surface area contributed by atoms with Crippen molar-refractivity contribution in [2.45, 2.75) is 12.8 Å². The second-order valence-corrected chi connectivity index (χ2v) is 4.68. The largest absolute Gasteiger partial charge is 0.477 e. The Hall–Kier alpha value is -1.95. The van der Waals surface area contributed by atoms with Crippen molar-refractivity contribution in [3.8, 4) is 0 Å². The van der Waals surface area contributed by atoms with Gasteiger partial charge in [-0.05, 0) is 30.9 Å². The maximum atomic E-state index is 12.2. The minimum atomic E-state index is -1.11. The second kappa shape index (κ2) is 5.79. The summed E-state index contributed by atoms with van der Waals surface area (Å²) in [6, 6.07) is 2.80. The van der Waals surface area contributed by atoms with Crippen LogP contribution in [0.1, 0.15) is 33.7 Å². The Kier molecular flexibility index (Phi) is 4.11. The van der Waals surface area contributed by atoms with Gasteiger partial charge in [-0.25, -0.2) is 9.78 Å². The van der Waals surface area contributed by atoms with Gasteiger partial charge in [0.25, 0.3) is 5.91 Å². The van der Waals surface area contributed by atoms with Crippen molar-refractivity contribution in [1.82, 2.24) is 9.88 Å². The molecule has 0 spiro atoms. The number of rotatable bonds is 3. The SMILES string of the molecule is O=C(O)c1ccc(C(=O)N2CCCC(CO)C2)cn1. The topological polar surface area (TPSA) is 90.7 Å². The van der Waals surface area contributed by atoms with Crippen molar-refractivity contribution in [1.29, 1.82) is 0 Å². The molecule has 19 heavy (non-hydrogen) atoms. The number of carboxylic acids is 1. The van der Waals surface area contributed by atoms with Crippen LogP contribution >= 0.6 is 0 Å². The lowest BCUT2D eigenvalue weighted by Crippen LogP contribution is -2.41. The number of carbonyl (C=O) groups is 2. The van der Waals surface area contributed by atoms with Crippen LogP contribution in [0.25, 0.3) is 0 Å². The lowest BCUT2D eigenvalue weighted by Gasteiger charge is -2.31. The van der Waals surface area contributed by atoms with Crippen molar-refractivity contribution in [3.05, 3.63) is 29.6 Å². The van der Waals surface area contributed by atoms with Crippen LogP contribution < -0.4 is 0 Å². The lowest BCUT2D eigenvalue weighted by molar-refractivity contribution is 0.0617. The maximum Gasteiger partial charge on any atom is 0.354 e. The van der Waals surface area contributed by atoms with Gasteiger partial charge in [0.2, 0.25) is 0 Å². The summed E-state index contributed by atoms with van der Waals surface area (Å²) in [4.78, 5) is 28.3. The first-order valence-electron chi connectivity index (χ1n) is 6.21. The third kappa shape index (κ3) is 3.08. The highest BCUT2D eigenvalue weighted by Crippen LogP contribution is 2.18. The highest BCUT2D eigenvalue weighted by atomic mass is 16.4. The second-order valence-electron chi connectivity index (χ2n) is 4.68. The van der Waals surface area contributed by atoms with E-state index in [4.69, 9.17) is 10.2 Å². The van der Waals surface area contributed by atoms with Crippen LogP contribution in [0.15, 0.2) is 18.3 Å². The lowest BCUT2D eigenvalue weighted by atomic mass is 9.98. The summed E-state index contributed by atoms with van der Waals surface area (Å²) in [5.41, 5.74) is 0.298. The summed E-state index contributed by atoms with van der Waals surface area (Å²) >= 11 is 0. The van der Waals surface area contributed by atoms with E-state index in [1.54, 1.807) is 4.90 Å². The van der Waals surface area contributed by atoms with Crippen LogP contribution in [0.2, 0.25) is 0 Å². The number of hydrogen-bond acceptors (Lipinski definition) is 4. The fourth-order valence-electron chi connectivity index (χ4n) is 2.23. The van der Waals surface area contributed by atoms with Crippen LogP contribution in [0.4, 0.5) is 0 Å². The molecule has 1 unspecified atom stereocenters. The number of carboxylic acid groups (broad SMARTS) is 1. The number of hydrogen-bond donors (Lipinski definition) is 2. The monoisotopic (exact) mass is 264 g/mol. The Balaban J connectivity index is 2.08. The van der Waals surface area contributed by atoms with E-state index in [9.17, 15) is 9.59 Å². The van der Waals surface area contributed by atoms with E-state index in [1.165, 1.54) is 18.3 Å². The average Bonchev–Trinajstić information content (AvgIpc) is 2.46. The van der Waals surface area contributed by atoms with Crippen LogP contribution in [0, 0.1) is 5.92 Å². The van der Waals surface area contributed by atoms with Crippen LogP contribution in [0.5, 0.6) is 0 Å². The highest BCUT2D eigenvalue weighted by Gasteiger charge is 2.24. The number of aromatic nitrogens is 1. The number of aliphatic hydroxyl groups excluding tert-OH is 1. The Morgan fingerprint density at radius 3 is 2.79 bits per heavy atom. The molecule has 102 valence electrons. The molecule has 1 aromatic rings. The Morgan fingerprint density at radius 2 is 2.21 bits per heavy atom. The molecule has 2 N–H and O–H groups in total. The summed E-state index contributed by atoms with van der Waals surface area (Å²) in [7, 11) is 0. The average molecular weight is 264 g/mol. The van der Waals surface area contributed by atoms with E-state index in [0.29, 0.717) is 18.7 Å². The normalized spacial score (nSPS) is 19.2. The molecule has 1 amide bonds. The van der Waals surface area contributed by atoms with Gasteiger partial charge in [0.15, 0.2) is 0 Å². The van der Waals surface area contributed by atoms with Gasteiger partial charge in [0, 0.05) is 25.9 Å². The van der Waals surface area contributed by atoms with Gasteiger partial charge in [-0.1, -0.05) is 0 Å². The van der Waals surface area contributed by atoms with Gasteiger partial charge in [0.1, 0.15) is 5.69 Å². The third-order valence-corrected chi connectivity index (χ3v) is 3.29. The number of aromatic carboxylic acids is 1. The van der Waals surface area contributed by atoms with Gasteiger partial charge in [-0.2, -0.15) is 0 Å². The van der Waals surface area contributed by atoms with Crippen molar-refractivity contribution in [2.75, 3.05) is 19.7 Å². The van der Waals surface area contributed by atoms with Gasteiger partial charge in [-0.15, -0.1) is 0 Å². The van der Waals surface area contributed by atoms with Crippen LogP contribution in [0.3, 0.4) is 0 Å². The molecule has 0 aromatic carbocycles. The summed E-state index contributed by atoms with van der Waals surface area (Å²) in [6.07, 6.45) is 3.09. The number of carbonyl (C=O) groups excluding carboxylic acids is 1. The molecule has 6 heteroatoms. The molecule has 0 aliphatic carbocycles. The molecule has 0 bridgehead atoms. The van der Waals surface area contributed by atoms with E-state index >= 15 is 0 Å². The molecule has 1 aromatic heterocycles. The van der Waals surface area contributed by atoms with Gasteiger partial charge >= 0.3 is 5.97 Å². The first-order chi connectivity index (χ1) is 9.11. The molecule has 1 fully saturated rings. The molecule has 6 nitrogen and oxygen atoms in total. The summed E-state index contributed by atoms with van der Waals surface area (Å²) in [5, 5.41) is 17.9. The first-order valence-corrected chi connectivity index (χ1v) is 6.21. The molecule has 0 saturated carbocycles. The number of aliphatic hydroxyl groups is 1. The van der Waals surface area contributed by atoms with Gasteiger partial charge in [-0.3, -0.25) is 4.79 Å². The van der Waals surface area contributed by atoms with E-state index in [0.717, 1.165) is 12.8 Å². The number of amides is 1. The number of pyridine rings is 1. The predicted octanol–water partition coefficient (Wildman–Crippen LogP) is 0.624. The molecule has 2 rings (SSSR count). The van der Waals surface area contributed by atoms with Crippen molar-refractivity contribution < 1.29 is 19.8 Å². The van der Waals surface area contributed by atoms with Gasteiger partial charge in [0.05, 0.1) is 5.56 Å². The Labute approximate surface area is 110 Å². The van der Waals surface area contributed by atoms with Crippen LogP contribution in [-0.4, -0.2) is 51.7 Å². The molecule has 0 radical (unpaired) electrons. The predicted molar refractivity (Wildman–Crippen MR) is 66.9 cm³/mol. The zero-order valence-electron chi connectivity index (χ0n) is 10.5. The molecular weight excluding hydrogens is 248 g/mol. The molecular formula is C13H16N2O4. The highest BCUT2D eigenvalue weighted by molar-refractivity contribution is 5.95. The third-order valence-electron chi connectivity index (χ3n) is 3.29. The zero-order chi connectivity index (χ0) is 13.8. The van der Waals surface area contributed by atoms with Crippen molar-refractivity contribution >= 4 is 11.9 Å². The smallest absolute Gasteiger partial charge is 0.354 e. The summed E-state index contributed by atoms with van der Waals surface area (Å²) in [6.45, 7) is 1.28. The van der Waals surface area contributed by atoms with E-state index in [1.807, 2.05) is 0 Å². The van der Waals surface area contributed by atoms with Gasteiger partial charge < -0.3 is 15.1 Å². The maximum absolute atomic E-state index is 12.2. The molecule has 1 aliphatic heterocycles. The minimum Gasteiger partial charge on any atom is -0.477 e. The standard InChI is InChI=1S/C13H16N2O4/c16-8-9-2-1-5-15(7-9)12(17)10-3-4-11(13(18)19)14-6-10/h3-4,6,9,16H,1-2,5,7-8H2,(H,18,19). The minimum absolute atomic E-state index is 0.0802. The van der Waals surface area contributed by atoms with Crippen LogP contribution in [-0.2, 0) is 0 Å². The number of nitrogens with zero attached hydrogens (tertiary/aromatic N) is 2. The van der Waals surface area contributed by atoms with E-state index in [-0.39, 0.29) is 24.1 Å². The van der Waals surface area contributed by atoms with E-state index < -0.39 is 5.97 Å². The molecule has 1 aliphatic rings. The molecule has 2 heterocycles. The molecule has 1 saturated heterocycles. The Bertz CT molecular complexity index is 472. The number of likely N-dealkylation sites (tertiary alicyclic amines) is 1. The fourth-order valence-corrected chi connectivity index (χ4v) is 2.23. The van der Waals surface area contributed by atoms with Crippen molar-refractivity contribution in [2.24, 2.45) is 5.92 Å². The summed E-state index contributed by atoms with van der Waals surface area (Å²) in [5.74, 6) is -1.15. The number of piperidine rings is 1. The fraction of sp³-hybridized carbons (Fsp3) is 0.462. The molecule has 1 atom stereocenters. The zero-order valence-corrected chi connectivity index (χ0v) is 10.5. The Morgan fingerprint density at radius 1 is 1.42 bits per heavy atom. The van der Waals surface area contributed by atoms with Crippen molar-refractivity contribution in [3.63, 3.8) is 0 Å². The summed E-state index contributed by atoms with van der Waals surface area (Å²) < 4.78 is 0. The quantitative estimate of drug-likeness (QED) is 0.835. The van der Waals surface area contributed by atoms with E-state index in [2.05, 4.69) is 4.98 Å².